The molecule has 0 saturated heterocycles. The molecule has 1 aromatic heterocycles. The van der Waals surface area contributed by atoms with E-state index in [4.69, 9.17) is 0 Å². The molecule has 0 aliphatic rings. The summed E-state index contributed by atoms with van der Waals surface area (Å²) < 4.78 is 28.1. The van der Waals surface area contributed by atoms with Gasteiger partial charge in [0.25, 0.3) is 0 Å². The Bertz CT molecular complexity index is 490. The lowest BCUT2D eigenvalue weighted by atomic mass is 10.4. The summed E-state index contributed by atoms with van der Waals surface area (Å²) in [7, 11) is -1.90. The van der Waals surface area contributed by atoms with Crippen molar-refractivity contribution in [1.82, 2.24) is 8.87 Å². The van der Waals surface area contributed by atoms with Gasteiger partial charge in [-0.2, -0.15) is 16.1 Å². The Morgan fingerprint density at radius 3 is 2.58 bits per heavy atom. The van der Waals surface area contributed by atoms with Crippen LogP contribution in [-0.2, 0) is 23.2 Å². The Hall–Kier alpha value is -0.500. The first kappa shape index (κ1) is 16.6. The van der Waals surface area contributed by atoms with Crippen LogP contribution in [0.3, 0.4) is 0 Å². The van der Waals surface area contributed by atoms with Gasteiger partial charge in [-0.05, 0) is 26.2 Å². The van der Waals surface area contributed by atoms with Gasteiger partial charge in [0, 0.05) is 37.3 Å². The highest BCUT2D eigenvalue weighted by Gasteiger charge is 2.26. The van der Waals surface area contributed by atoms with Gasteiger partial charge in [-0.25, -0.2) is 8.42 Å². The quantitative estimate of drug-likeness (QED) is 0.826. The van der Waals surface area contributed by atoms with E-state index in [0.717, 1.165) is 5.75 Å². The summed E-state index contributed by atoms with van der Waals surface area (Å²) in [5.41, 5.74) is 0.618. The molecule has 0 fully saturated rings. The van der Waals surface area contributed by atoms with Gasteiger partial charge in [-0.1, -0.05) is 0 Å². The third-order valence-corrected chi connectivity index (χ3v) is 5.92. The van der Waals surface area contributed by atoms with Gasteiger partial charge in [0.2, 0.25) is 10.0 Å². The molecule has 0 aliphatic heterocycles. The second kappa shape index (κ2) is 6.78. The van der Waals surface area contributed by atoms with Crippen LogP contribution in [0.25, 0.3) is 0 Å². The number of aryl methyl sites for hydroxylation is 1. The molecule has 110 valence electrons. The SMILES string of the molecule is CCn1cc(S(=O)(=O)N(C)C(C)CSC)cc1CO. The summed E-state index contributed by atoms with van der Waals surface area (Å²) >= 11 is 1.62. The van der Waals surface area contributed by atoms with Gasteiger partial charge < -0.3 is 9.67 Å². The van der Waals surface area contributed by atoms with Gasteiger partial charge in [0.1, 0.15) is 4.90 Å². The van der Waals surface area contributed by atoms with Crippen molar-refractivity contribution < 1.29 is 13.5 Å². The molecule has 0 spiro atoms. The molecule has 1 atom stereocenters. The molecule has 0 radical (unpaired) electrons. The maximum absolute atomic E-state index is 12.5. The number of aliphatic hydroxyl groups excluding tert-OH is 1. The monoisotopic (exact) mass is 306 g/mol. The van der Waals surface area contributed by atoms with Gasteiger partial charge in [-0.15, -0.1) is 0 Å². The first-order chi connectivity index (χ1) is 8.88. The van der Waals surface area contributed by atoms with Crippen LogP contribution >= 0.6 is 11.8 Å². The van der Waals surface area contributed by atoms with Crippen molar-refractivity contribution in [3.63, 3.8) is 0 Å². The lowest BCUT2D eigenvalue weighted by Gasteiger charge is -2.23. The van der Waals surface area contributed by atoms with Crippen molar-refractivity contribution in [3.8, 4) is 0 Å². The first-order valence-corrected chi connectivity index (χ1v) is 8.98. The highest BCUT2D eigenvalue weighted by atomic mass is 32.2. The van der Waals surface area contributed by atoms with Gasteiger partial charge >= 0.3 is 0 Å². The van der Waals surface area contributed by atoms with Crippen LogP contribution in [0.15, 0.2) is 17.2 Å². The molecule has 1 rings (SSSR count). The van der Waals surface area contributed by atoms with Crippen molar-refractivity contribution in [2.24, 2.45) is 0 Å². The fraction of sp³-hybridized carbons (Fsp3) is 0.667. The highest BCUT2D eigenvalue weighted by Crippen LogP contribution is 2.21. The topological polar surface area (TPSA) is 62.5 Å². The van der Waals surface area contributed by atoms with E-state index in [0.29, 0.717) is 12.2 Å². The Balaban J connectivity index is 3.09. The van der Waals surface area contributed by atoms with Crippen molar-refractivity contribution >= 4 is 21.8 Å². The summed E-state index contributed by atoms with van der Waals surface area (Å²) in [6.07, 6.45) is 3.54. The predicted octanol–water partition coefficient (Wildman–Crippen LogP) is 1.37. The minimum Gasteiger partial charge on any atom is -0.390 e. The Morgan fingerprint density at radius 2 is 2.16 bits per heavy atom. The minimum absolute atomic E-state index is 0.0671. The number of sulfonamides is 1. The molecular formula is C12H22N2O3S2. The van der Waals surface area contributed by atoms with Crippen molar-refractivity contribution in [3.05, 3.63) is 18.0 Å². The summed E-state index contributed by atoms with van der Waals surface area (Å²) in [6.45, 7) is 4.27. The molecule has 0 bridgehead atoms. The number of aromatic nitrogens is 1. The number of hydrogen-bond acceptors (Lipinski definition) is 4. The fourth-order valence-electron chi connectivity index (χ4n) is 1.84. The van der Waals surface area contributed by atoms with Crippen LogP contribution in [0, 0.1) is 0 Å². The van der Waals surface area contributed by atoms with E-state index in [1.807, 2.05) is 20.1 Å². The Morgan fingerprint density at radius 1 is 1.53 bits per heavy atom. The largest absolute Gasteiger partial charge is 0.390 e. The molecular weight excluding hydrogens is 284 g/mol. The van der Waals surface area contributed by atoms with E-state index in [1.54, 1.807) is 35.6 Å². The van der Waals surface area contributed by atoms with Gasteiger partial charge in [0.15, 0.2) is 0 Å². The zero-order valence-electron chi connectivity index (χ0n) is 11.8. The summed E-state index contributed by atoms with van der Waals surface area (Å²) in [5.74, 6) is 0.747. The standard InChI is InChI=1S/C12H22N2O3S2/c1-5-14-7-12(6-11(14)8-15)19(16,17)13(3)10(2)9-18-4/h6-7,10,15H,5,8-9H2,1-4H3. The van der Waals surface area contributed by atoms with E-state index in [2.05, 4.69) is 0 Å². The second-order valence-electron chi connectivity index (χ2n) is 4.44. The number of aliphatic hydroxyl groups is 1. The highest BCUT2D eigenvalue weighted by molar-refractivity contribution is 7.98. The first-order valence-electron chi connectivity index (χ1n) is 6.15. The second-order valence-corrected chi connectivity index (χ2v) is 7.35. The van der Waals surface area contributed by atoms with Crippen molar-refractivity contribution in [1.29, 1.82) is 0 Å². The number of thioether (sulfide) groups is 1. The van der Waals surface area contributed by atoms with Crippen molar-refractivity contribution in [2.75, 3.05) is 19.1 Å². The Labute approximate surface area is 119 Å². The van der Waals surface area contributed by atoms with Crippen LogP contribution in [0.4, 0.5) is 0 Å². The van der Waals surface area contributed by atoms with Gasteiger partial charge in [0.05, 0.1) is 6.61 Å². The smallest absolute Gasteiger partial charge is 0.244 e. The maximum Gasteiger partial charge on any atom is 0.244 e. The maximum atomic E-state index is 12.5. The average molecular weight is 306 g/mol. The normalized spacial score (nSPS) is 14.0. The molecule has 1 aromatic rings. The van der Waals surface area contributed by atoms with Crippen LogP contribution in [0.2, 0.25) is 0 Å². The minimum atomic E-state index is -3.49. The molecule has 0 aliphatic carbocycles. The van der Waals surface area contributed by atoms with E-state index < -0.39 is 10.0 Å². The molecule has 7 heteroatoms. The molecule has 0 amide bonds. The summed E-state index contributed by atoms with van der Waals surface area (Å²) in [6, 6.07) is 1.48. The third kappa shape index (κ3) is 3.53. The third-order valence-electron chi connectivity index (χ3n) is 3.17. The summed E-state index contributed by atoms with van der Waals surface area (Å²) in [5, 5.41) is 9.23. The van der Waals surface area contributed by atoms with E-state index in [1.165, 1.54) is 4.31 Å². The summed E-state index contributed by atoms with van der Waals surface area (Å²) in [4.78, 5) is 0.244. The van der Waals surface area contributed by atoms with Crippen LogP contribution in [0.1, 0.15) is 19.5 Å². The van der Waals surface area contributed by atoms with Crippen molar-refractivity contribution in [2.45, 2.75) is 37.9 Å². The average Bonchev–Trinajstić information content (AvgIpc) is 2.81. The molecule has 5 nitrogen and oxygen atoms in total. The molecule has 19 heavy (non-hydrogen) atoms. The molecule has 0 aromatic carbocycles. The Kier molecular flexibility index (Phi) is 5.91. The number of hydrogen-bond donors (Lipinski definition) is 1. The van der Waals surface area contributed by atoms with Crippen LogP contribution < -0.4 is 0 Å². The fourth-order valence-corrected chi connectivity index (χ4v) is 4.07. The van der Waals surface area contributed by atoms with Crippen LogP contribution in [0.5, 0.6) is 0 Å². The zero-order valence-corrected chi connectivity index (χ0v) is 13.5. The lowest BCUT2D eigenvalue weighted by Crippen LogP contribution is -2.36. The molecule has 0 saturated carbocycles. The lowest BCUT2D eigenvalue weighted by molar-refractivity contribution is 0.271. The zero-order chi connectivity index (χ0) is 14.6. The van der Waals surface area contributed by atoms with E-state index >= 15 is 0 Å². The van der Waals surface area contributed by atoms with E-state index in [9.17, 15) is 13.5 Å². The molecule has 1 heterocycles. The molecule has 1 N–H and O–H groups in total. The number of rotatable bonds is 7. The van der Waals surface area contributed by atoms with E-state index in [-0.39, 0.29) is 17.5 Å². The molecule has 1 unspecified atom stereocenters. The van der Waals surface area contributed by atoms with Gasteiger partial charge in [-0.3, -0.25) is 0 Å². The van der Waals surface area contributed by atoms with Crippen LogP contribution in [-0.4, -0.2) is 47.5 Å². The number of nitrogens with zero attached hydrogens (tertiary/aromatic N) is 2. The predicted molar refractivity (Wildman–Crippen MR) is 78.8 cm³/mol.